The zero-order chi connectivity index (χ0) is 13.1. The number of sulfonamides is 1. The molecule has 0 saturated heterocycles. The predicted molar refractivity (Wildman–Crippen MR) is 61.0 cm³/mol. The van der Waals surface area contributed by atoms with Crippen LogP contribution < -0.4 is 4.72 Å². The van der Waals surface area contributed by atoms with E-state index in [0.717, 1.165) is 12.1 Å². The van der Waals surface area contributed by atoms with Gasteiger partial charge in [-0.2, -0.15) is 9.98 Å². The van der Waals surface area contributed by atoms with Crippen LogP contribution in [0, 0.1) is 23.1 Å². The Balaban J connectivity index is 3.06. The molecule has 0 aliphatic rings. The molecule has 0 fully saturated rings. The van der Waals surface area contributed by atoms with E-state index in [1.165, 1.54) is 12.1 Å². The molecule has 1 aromatic rings. The quantitative estimate of drug-likeness (QED) is 0.890. The van der Waals surface area contributed by atoms with E-state index in [-0.39, 0.29) is 5.92 Å². The summed E-state index contributed by atoms with van der Waals surface area (Å²) in [6.07, 6.45) is 0. The second-order valence-corrected chi connectivity index (χ2v) is 5.58. The number of nitriles is 1. The molecule has 0 saturated carbocycles. The first-order valence-corrected chi connectivity index (χ1v) is 6.53. The summed E-state index contributed by atoms with van der Waals surface area (Å²) in [6.45, 7) is 3.41. The Kier molecular flexibility index (Phi) is 4.21. The third-order valence-corrected chi connectivity index (χ3v) is 3.69. The fraction of sp³-hybridized carbons (Fsp3) is 0.364. The molecular formula is C11H13FN2O2S. The van der Waals surface area contributed by atoms with Crippen LogP contribution in [0.2, 0.25) is 0 Å². The van der Waals surface area contributed by atoms with E-state index >= 15 is 0 Å². The molecular weight excluding hydrogens is 243 g/mol. The molecule has 0 heterocycles. The molecule has 1 rings (SSSR count). The Morgan fingerprint density at radius 3 is 2.41 bits per heavy atom. The van der Waals surface area contributed by atoms with E-state index < -0.39 is 26.8 Å². The molecule has 0 aliphatic carbocycles. The van der Waals surface area contributed by atoms with Crippen LogP contribution in [0.1, 0.15) is 13.8 Å². The van der Waals surface area contributed by atoms with E-state index in [2.05, 4.69) is 4.72 Å². The molecule has 92 valence electrons. The molecule has 0 spiro atoms. The van der Waals surface area contributed by atoms with Crippen molar-refractivity contribution in [2.75, 3.05) is 0 Å². The number of hydrogen-bond donors (Lipinski definition) is 1. The summed E-state index contributed by atoms with van der Waals surface area (Å²) in [5, 5.41) is 8.81. The van der Waals surface area contributed by atoms with Crippen molar-refractivity contribution in [1.82, 2.24) is 4.72 Å². The van der Waals surface area contributed by atoms with Gasteiger partial charge in [0.25, 0.3) is 0 Å². The van der Waals surface area contributed by atoms with Crippen molar-refractivity contribution in [3.63, 3.8) is 0 Å². The van der Waals surface area contributed by atoms with Crippen LogP contribution in [0.4, 0.5) is 4.39 Å². The number of hydrogen-bond acceptors (Lipinski definition) is 3. The van der Waals surface area contributed by atoms with Crippen LogP contribution in [-0.2, 0) is 10.0 Å². The first-order chi connectivity index (χ1) is 7.88. The number of nitrogens with one attached hydrogen (secondary N) is 1. The zero-order valence-electron chi connectivity index (χ0n) is 9.51. The van der Waals surface area contributed by atoms with Gasteiger partial charge >= 0.3 is 0 Å². The molecule has 1 N–H and O–H groups in total. The number of benzene rings is 1. The summed E-state index contributed by atoms with van der Waals surface area (Å²) < 4.78 is 39.2. The Labute approximate surface area is 100 Å². The average Bonchev–Trinajstić information content (AvgIpc) is 2.26. The van der Waals surface area contributed by atoms with Crippen LogP contribution in [-0.4, -0.2) is 14.5 Å². The lowest BCUT2D eigenvalue weighted by molar-refractivity contribution is 0.508. The van der Waals surface area contributed by atoms with Gasteiger partial charge in [-0.1, -0.05) is 26.0 Å². The SMILES string of the molecule is CC(C)C(C#N)NS(=O)(=O)c1ccccc1F. The van der Waals surface area contributed by atoms with Crippen molar-refractivity contribution >= 4 is 10.0 Å². The van der Waals surface area contributed by atoms with Crippen LogP contribution in [0.25, 0.3) is 0 Å². The lowest BCUT2D eigenvalue weighted by Gasteiger charge is -2.15. The smallest absolute Gasteiger partial charge is 0.207 e. The topological polar surface area (TPSA) is 70.0 Å². The van der Waals surface area contributed by atoms with Crippen LogP contribution >= 0.6 is 0 Å². The molecule has 0 aliphatic heterocycles. The third-order valence-electron chi connectivity index (χ3n) is 2.21. The summed E-state index contributed by atoms with van der Waals surface area (Å²) in [4.78, 5) is -0.444. The maximum atomic E-state index is 13.3. The van der Waals surface area contributed by atoms with Crippen LogP contribution in [0.15, 0.2) is 29.2 Å². The van der Waals surface area contributed by atoms with Crippen molar-refractivity contribution in [2.24, 2.45) is 5.92 Å². The first kappa shape index (κ1) is 13.6. The van der Waals surface area contributed by atoms with Gasteiger partial charge in [0.05, 0.1) is 6.07 Å². The van der Waals surface area contributed by atoms with Crippen molar-refractivity contribution in [1.29, 1.82) is 5.26 Å². The third kappa shape index (κ3) is 3.25. The Hall–Kier alpha value is -1.45. The first-order valence-electron chi connectivity index (χ1n) is 5.05. The number of nitrogens with zero attached hydrogens (tertiary/aromatic N) is 1. The number of halogens is 1. The Morgan fingerprint density at radius 2 is 1.94 bits per heavy atom. The van der Waals surface area contributed by atoms with Crippen molar-refractivity contribution in [2.45, 2.75) is 24.8 Å². The van der Waals surface area contributed by atoms with Crippen molar-refractivity contribution in [3.8, 4) is 6.07 Å². The molecule has 4 nitrogen and oxygen atoms in total. The van der Waals surface area contributed by atoms with E-state index in [1.807, 2.05) is 6.07 Å². The molecule has 0 amide bonds. The highest BCUT2D eigenvalue weighted by molar-refractivity contribution is 7.89. The predicted octanol–water partition coefficient (Wildman–Crippen LogP) is 1.65. The standard InChI is InChI=1S/C11H13FN2O2S/c1-8(2)10(7-13)14-17(15,16)11-6-4-3-5-9(11)12/h3-6,8,10,14H,1-2H3. The molecule has 6 heteroatoms. The van der Waals surface area contributed by atoms with Gasteiger partial charge in [-0.25, -0.2) is 12.8 Å². The van der Waals surface area contributed by atoms with Crippen LogP contribution in [0.3, 0.4) is 0 Å². The fourth-order valence-corrected chi connectivity index (χ4v) is 2.57. The molecule has 0 radical (unpaired) electrons. The summed E-state index contributed by atoms with van der Waals surface area (Å²) >= 11 is 0. The van der Waals surface area contributed by atoms with E-state index in [0.29, 0.717) is 0 Å². The molecule has 17 heavy (non-hydrogen) atoms. The van der Waals surface area contributed by atoms with Gasteiger partial charge in [0, 0.05) is 0 Å². The fourth-order valence-electron chi connectivity index (χ4n) is 1.20. The minimum Gasteiger partial charge on any atom is -0.207 e. The summed E-state index contributed by atoms with van der Waals surface area (Å²) in [7, 11) is -3.99. The Bertz CT molecular complexity index is 535. The van der Waals surface area contributed by atoms with Crippen LogP contribution in [0.5, 0.6) is 0 Å². The Morgan fingerprint density at radius 1 is 1.35 bits per heavy atom. The summed E-state index contributed by atoms with van der Waals surface area (Å²) in [6, 6.07) is 6.01. The van der Waals surface area contributed by atoms with Gasteiger partial charge in [0.15, 0.2) is 0 Å². The maximum Gasteiger partial charge on any atom is 0.244 e. The van der Waals surface area contributed by atoms with Crippen molar-refractivity contribution in [3.05, 3.63) is 30.1 Å². The van der Waals surface area contributed by atoms with Gasteiger partial charge in [-0.05, 0) is 18.1 Å². The second kappa shape index (κ2) is 5.25. The molecule has 1 atom stereocenters. The highest BCUT2D eigenvalue weighted by Crippen LogP contribution is 2.14. The van der Waals surface area contributed by atoms with E-state index in [4.69, 9.17) is 5.26 Å². The molecule has 1 unspecified atom stereocenters. The maximum absolute atomic E-state index is 13.3. The molecule has 0 aromatic heterocycles. The summed E-state index contributed by atoms with van der Waals surface area (Å²) in [5.74, 6) is -1.03. The van der Waals surface area contributed by atoms with Gasteiger partial charge in [0.2, 0.25) is 10.0 Å². The minimum atomic E-state index is -3.99. The van der Waals surface area contributed by atoms with Gasteiger partial charge < -0.3 is 0 Å². The molecule has 0 bridgehead atoms. The lowest BCUT2D eigenvalue weighted by Crippen LogP contribution is -2.37. The number of rotatable bonds is 4. The minimum absolute atomic E-state index is 0.193. The van der Waals surface area contributed by atoms with Gasteiger partial charge in [-0.3, -0.25) is 0 Å². The highest BCUT2D eigenvalue weighted by Gasteiger charge is 2.24. The normalized spacial score (nSPS) is 13.4. The van der Waals surface area contributed by atoms with E-state index in [9.17, 15) is 12.8 Å². The van der Waals surface area contributed by atoms with E-state index in [1.54, 1.807) is 13.8 Å². The monoisotopic (exact) mass is 256 g/mol. The largest absolute Gasteiger partial charge is 0.244 e. The average molecular weight is 256 g/mol. The highest BCUT2D eigenvalue weighted by atomic mass is 32.2. The van der Waals surface area contributed by atoms with Gasteiger partial charge in [-0.15, -0.1) is 0 Å². The zero-order valence-corrected chi connectivity index (χ0v) is 10.3. The van der Waals surface area contributed by atoms with Gasteiger partial charge in [0.1, 0.15) is 16.8 Å². The second-order valence-electron chi connectivity index (χ2n) is 3.90. The van der Waals surface area contributed by atoms with Crippen molar-refractivity contribution < 1.29 is 12.8 Å². The summed E-state index contributed by atoms with van der Waals surface area (Å²) in [5.41, 5.74) is 0. The molecule has 1 aromatic carbocycles. The lowest BCUT2D eigenvalue weighted by atomic mass is 10.1.